The van der Waals surface area contributed by atoms with E-state index < -0.39 is 5.54 Å². The Bertz CT molecular complexity index is 1240. The van der Waals surface area contributed by atoms with Gasteiger partial charge in [0.2, 0.25) is 5.91 Å². The molecule has 0 bridgehead atoms. The van der Waals surface area contributed by atoms with Gasteiger partial charge in [0, 0.05) is 17.3 Å². The molecular formula is C29H34N4O3. The number of carbonyl (C=O) groups excluding carboxylic acids is 2. The molecule has 7 heteroatoms. The zero-order valence-corrected chi connectivity index (χ0v) is 21.3. The SMILES string of the molecule is CCc1ccc(N2C(=O)c3cc(-c4ccc(OC)cc4)nn3CC2(C)C(=O)NC2CCCCC2)cc1. The van der Waals surface area contributed by atoms with Crippen LogP contribution in [0.4, 0.5) is 5.69 Å². The van der Waals surface area contributed by atoms with E-state index in [0.717, 1.165) is 49.1 Å². The molecule has 1 atom stereocenters. The van der Waals surface area contributed by atoms with Crippen LogP contribution in [0.1, 0.15) is 62.0 Å². The molecule has 2 heterocycles. The van der Waals surface area contributed by atoms with E-state index in [2.05, 4.69) is 12.2 Å². The summed E-state index contributed by atoms with van der Waals surface area (Å²) in [5.74, 6) is 0.404. The van der Waals surface area contributed by atoms with Gasteiger partial charge in [-0.05, 0) is 74.2 Å². The van der Waals surface area contributed by atoms with Crippen molar-refractivity contribution in [1.29, 1.82) is 0 Å². The van der Waals surface area contributed by atoms with Gasteiger partial charge in [-0.1, -0.05) is 38.3 Å². The molecule has 1 aliphatic heterocycles. The molecular weight excluding hydrogens is 452 g/mol. The summed E-state index contributed by atoms with van der Waals surface area (Å²) in [7, 11) is 1.63. The lowest BCUT2D eigenvalue weighted by atomic mass is 9.91. The highest BCUT2D eigenvalue weighted by atomic mass is 16.5. The van der Waals surface area contributed by atoms with Crippen molar-refractivity contribution in [2.75, 3.05) is 12.0 Å². The number of nitrogens with one attached hydrogen (secondary N) is 1. The first-order valence-electron chi connectivity index (χ1n) is 12.9. The summed E-state index contributed by atoms with van der Waals surface area (Å²) in [5.41, 5.74) is 2.85. The van der Waals surface area contributed by atoms with Crippen LogP contribution in [-0.4, -0.2) is 40.3 Å². The highest BCUT2D eigenvalue weighted by Crippen LogP contribution is 2.35. The van der Waals surface area contributed by atoms with Gasteiger partial charge >= 0.3 is 0 Å². The van der Waals surface area contributed by atoms with Gasteiger partial charge in [0.05, 0.1) is 19.3 Å². The van der Waals surface area contributed by atoms with Crippen molar-refractivity contribution < 1.29 is 14.3 Å². The Labute approximate surface area is 212 Å². The number of anilines is 1. The van der Waals surface area contributed by atoms with Gasteiger partial charge in [0.1, 0.15) is 17.0 Å². The summed E-state index contributed by atoms with van der Waals surface area (Å²) < 4.78 is 6.96. The number of amides is 2. The van der Waals surface area contributed by atoms with Crippen LogP contribution in [0.15, 0.2) is 54.6 Å². The molecule has 0 radical (unpaired) electrons. The smallest absolute Gasteiger partial charge is 0.277 e. The Morgan fingerprint density at radius 3 is 2.42 bits per heavy atom. The van der Waals surface area contributed by atoms with Crippen LogP contribution in [0.2, 0.25) is 0 Å². The van der Waals surface area contributed by atoms with E-state index in [1.54, 1.807) is 16.7 Å². The molecule has 1 aromatic heterocycles. The first-order valence-corrected chi connectivity index (χ1v) is 12.9. The predicted octanol–water partition coefficient (Wildman–Crippen LogP) is 4.99. The minimum Gasteiger partial charge on any atom is -0.497 e. The van der Waals surface area contributed by atoms with Crippen LogP contribution in [0.25, 0.3) is 11.3 Å². The molecule has 2 amide bonds. The largest absolute Gasteiger partial charge is 0.497 e. The number of hydrogen-bond acceptors (Lipinski definition) is 4. The molecule has 3 aromatic rings. The maximum absolute atomic E-state index is 14.0. The molecule has 7 nitrogen and oxygen atoms in total. The first kappa shape index (κ1) is 24.1. The van der Waals surface area contributed by atoms with Crippen molar-refractivity contribution in [3.63, 3.8) is 0 Å². The average molecular weight is 487 g/mol. The lowest BCUT2D eigenvalue weighted by molar-refractivity contribution is -0.127. The monoisotopic (exact) mass is 486 g/mol. The third kappa shape index (κ3) is 4.38. The molecule has 1 aliphatic carbocycles. The Morgan fingerprint density at radius 1 is 1.08 bits per heavy atom. The lowest BCUT2D eigenvalue weighted by Crippen LogP contribution is -2.65. The summed E-state index contributed by atoms with van der Waals surface area (Å²) in [6.07, 6.45) is 6.33. The Kier molecular flexibility index (Phi) is 6.56. The highest BCUT2D eigenvalue weighted by molar-refractivity contribution is 6.12. The van der Waals surface area contributed by atoms with Crippen molar-refractivity contribution >= 4 is 17.5 Å². The topological polar surface area (TPSA) is 76.5 Å². The van der Waals surface area contributed by atoms with Crippen LogP contribution in [0.3, 0.4) is 0 Å². The van der Waals surface area contributed by atoms with E-state index in [1.165, 1.54) is 12.0 Å². The minimum absolute atomic E-state index is 0.130. The van der Waals surface area contributed by atoms with Gasteiger partial charge in [-0.2, -0.15) is 5.10 Å². The van der Waals surface area contributed by atoms with Gasteiger partial charge in [-0.25, -0.2) is 0 Å². The summed E-state index contributed by atoms with van der Waals surface area (Å²) in [4.78, 5) is 29.5. The Balaban J connectivity index is 1.53. The van der Waals surface area contributed by atoms with Gasteiger partial charge in [-0.15, -0.1) is 0 Å². The molecule has 36 heavy (non-hydrogen) atoms. The molecule has 5 rings (SSSR count). The second-order valence-corrected chi connectivity index (χ2v) is 10.0. The molecule has 1 saturated carbocycles. The van der Waals surface area contributed by atoms with Crippen LogP contribution in [0, 0.1) is 0 Å². The molecule has 1 unspecified atom stereocenters. The number of rotatable bonds is 6. The van der Waals surface area contributed by atoms with Gasteiger partial charge in [0.15, 0.2) is 0 Å². The number of aromatic nitrogens is 2. The van der Waals surface area contributed by atoms with Crippen molar-refractivity contribution in [3.05, 3.63) is 65.9 Å². The third-order valence-corrected chi connectivity index (χ3v) is 7.57. The number of methoxy groups -OCH3 is 1. The fraction of sp³-hybridized carbons (Fsp3) is 0.414. The highest BCUT2D eigenvalue weighted by Gasteiger charge is 2.49. The molecule has 188 valence electrons. The Hall–Kier alpha value is -3.61. The van der Waals surface area contributed by atoms with Crippen molar-refractivity contribution in [2.45, 2.75) is 70.5 Å². The van der Waals surface area contributed by atoms with Crippen LogP contribution in [-0.2, 0) is 17.8 Å². The van der Waals surface area contributed by atoms with Crippen LogP contribution < -0.4 is 15.0 Å². The number of nitrogens with zero attached hydrogens (tertiary/aromatic N) is 3. The second-order valence-electron chi connectivity index (χ2n) is 10.0. The summed E-state index contributed by atoms with van der Waals surface area (Å²) in [5, 5.41) is 8.02. The summed E-state index contributed by atoms with van der Waals surface area (Å²) in [6.45, 7) is 4.23. The molecule has 0 spiro atoms. The van der Waals surface area contributed by atoms with Gasteiger partial charge in [0.25, 0.3) is 5.91 Å². The maximum Gasteiger partial charge on any atom is 0.277 e. The quantitative estimate of drug-likeness (QED) is 0.533. The number of benzene rings is 2. The normalized spacial score (nSPS) is 20.2. The van der Waals surface area contributed by atoms with E-state index >= 15 is 0 Å². The zero-order chi connectivity index (χ0) is 25.3. The van der Waals surface area contributed by atoms with Crippen LogP contribution in [0.5, 0.6) is 5.75 Å². The number of fused-ring (bicyclic) bond motifs is 1. The van der Waals surface area contributed by atoms with Gasteiger partial charge in [-0.3, -0.25) is 19.2 Å². The zero-order valence-electron chi connectivity index (χ0n) is 21.3. The number of ether oxygens (including phenoxy) is 1. The maximum atomic E-state index is 14.0. The fourth-order valence-corrected chi connectivity index (χ4v) is 5.36. The van der Waals surface area contributed by atoms with Crippen molar-refractivity contribution in [1.82, 2.24) is 15.1 Å². The number of carbonyl (C=O) groups is 2. The number of aryl methyl sites for hydroxylation is 1. The van der Waals surface area contributed by atoms with Crippen LogP contribution >= 0.6 is 0 Å². The van der Waals surface area contributed by atoms with Gasteiger partial charge < -0.3 is 10.1 Å². The molecule has 2 aliphatic rings. The summed E-state index contributed by atoms with van der Waals surface area (Å²) >= 11 is 0. The molecule has 0 saturated heterocycles. The van der Waals surface area contributed by atoms with E-state index in [-0.39, 0.29) is 24.4 Å². The third-order valence-electron chi connectivity index (χ3n) is 7.57. The van der Waals surface area contributed by atoms with Crippen molar-refractivity contribution in [2.24, 2.45) is 0 Å². The average Bonchev–Trinajstić information content (AvgIpc) is 3.33. The fourth-order valence-electron chi connectivity index (χ4n) is 5.36. The predicted molar refractivity (Wildman–Crippen MR) is 140 cm³/mol. The van der Waals surface area contributed by atoms with E-state index in [9.17, 15) is 9.59 Å². The van der Waals surface area contributed by atoms with Crippen molar-refractivity contribution in [3.8, 4) is 17.0 Å². The Morgan fingerprint density at radius 2 is 1.78 bits per heavy atom. The molecule has 2 aromatic carbocycles. The first-order chi connectivity index (χ1) is 17.4. The number of hydrogen-bond donors (Lipinski definition) is 1. The molecule has 1 fully saturated rings. The standard InChI is InChI=1S/C29H34N4O3/c1-4-20-10-14-23(15-11-20)33-27(34)26-18-25(21-12-16-24(36-3)17-13-21)31-32(26)19-29(33,2)28(35)30-22-8-6-5-7-9-22/h10-18,22H,4-9,19H2,1-3H3,(H,30,35). The molecule has 1 N–H and O–H groups in total. The summed E-state index contributed by atoms with van der Waals surface area (Å²) in [6, 6.07) is 17.5. The second kappa shape index (κ2) is 9.80. The van der Waals surface area contributed by atoms with E-state index in [4.69, 9.17) is 9.84 Å². The minimum atomic E-state index is -1.11. The lowest BCUT2D eigenvalue weighted by Gasteiger charge is -2.44. The van der Waals surface area contributed by atoms with E-state index in [0.29, 0.717) is 11.4 Å². The van der Waals surface area contributed by atoms with E-state index in [1.807, 2.05) is 61.5 Å².